The summed E-state index contributed by atoms with van der Waals surface area (Å²) in [6.07, 6.45) is 4.71. The molecule has 0 N–H and O–H groups in total. The van der Waals surface area contributed by atoms with Gasteiger partial charge in [0.1, 0.15) is 0 Å². The molecule has 109 valence electrons. The zero-order valence-corrected chi connectivity index (χ0v) is 12.6. The molecule has 2 aromatic carbocycles. The molecule has 2 heteroatoms. The van der Waals surface area contributed by atoms with Gasteiger partial charge in [-0.25, -0.2) is 0 Å². The molecule has 21 heavy (non-hydrogen) atoms. The van der Waals surface area contributed by atoms with Crippen LogP contribution in [0.4, 0.5) is 0 Å². The van der Waals surface area contributed by atoms with Crippen LogP contribution >= 0.6 is 0 Å². The lowest BCUT2D eigenvalue weighted by atomic mass is 9.60. The van der Waals surface area contributed by atoms with Gasteiger partial charge in [-0.3, -0.25) is 0 Å². The molecule has 0 aromatic heterocycles. The number of rotatable bonds is 5. The van der Waals surface area contributed by atoms with Crippen LogP contribution in [0.5, 0.6) is 11.5 Å². The van der Waals surface area contributed by atoms with E-state index in [1.807, 2.05) is 13.0 Å². The van der Waals surface area contributed by atoms with Gasteiger partial charge in [-0.05, 0) is 49.4 Å². The maximum atomic E-state index is 5.73. The zero-order valence-electron chi connectivity index (χ0n) is 12.6. The van der Waals surface area contributed by atoms with E-state index in [1.54, 1.807) is 7.11 Å². The summed E-state index contributed by atoms with van der Waals surface area (Å²) in [6, 6.07) is 17.0. The summed E-state index contributed by atoms with van der Waals surface area (Å²) >= 11 is 0. The molecule has 1 radical (unpaired) electrons. The zero-order chi connectivity index (χ0) is 14.7. The average Bonchev–Trinajstić information content (AvgIpc) is 2.48. The standard InChI is InChI=1S/C19H21O2/c1-3-21-18-14-16(10-11-17(18)20-2)19(12-7-13-19)15-8-5-4-6-9-15/h4-6,8-12,14H,3,7,13H2,1-2H3. The van der Waals surface area contributed by atoms with Crippen LogP contribution in [0.15, 0.2) is 48.5 Å². The highest BCUT2D eigenvalue weighted by Gasteiger charge is 2.40. The third-order valence-corrected chi connectivity index (χ3v) is 4.30. The Morgan fingerprint density at radius 3 is 2.33 bits per heavy atom. The highest BCUT2D eigenvalue weighted by Crippen LogP contribution is 2.49. The van der Waals surface area contributed by atoms with Crippen LogP contribution in [-0.4, -0.2) is 13.7 Å². The van der Waals surface area contributed by atoms with E-state index in [4.69, 9.17) is 9.47 Å². The Hall–Kier alpha value is -1.96. The highest BCUT2D eigenvalue weighted by atomic mass is 16.5. The van der Waals surface area contributed by atoms with Gasteiger partial charge < -0.3 is 9.47 Å². The molecule has 1 atom stereocenters. The van der Waals surface area contributed by atoms with Gasteiger partial charge in [0.15, 0.2) is 11.5 Å². The first-order valence-corrected chi connectivity index (χ1v) is 7.51. The molecular formula is C19H21O2. The van der Waals surface area contributed by atoms with Crippen LogP contribution in [0, 0.1) is 6.42 Å². The molecule has 2 aromatic rings. The monoisotopic (exact) mass is 281 g/mol. The van der Waals surface area contributed by atoms with Gasteiger partial charge in [-0.15, -0.1) is 0 Å². The molecule has 0 saturated heterocycles. The van der Waals surface area contributed by atoms with Crippen LogP contribution < -0.4 is 9.47 Å². The second kappa shape index (κ2) is 5.80. The van der Waals surface area contributed by atoms with Crippen molar-refractivity contribution in [2.45, 2.75) is 25.2 Å². The van der Waals surface area contributed by atoms with Crippen molar-refractivity contribution in [3.63, 3.8) is 0 Å². The number of benzene rings is 2. The van der Waals surface area contributed by atoms with Crippen molar-refractivity contribution in [2.24, 2.45) is 0 Å². The quantitative estimate of drug-likeness (QED) is 0.810. The molecule has 1 aliphatic carbocycles. The SMILES string of the molecule is CCOc1cc(C2(c3ccccc3)[CH]CC2)ccc1OC. The maximum absolute atomic E-state index is 5.73. The largest absolute Gasteiger partial charge is 0.493 e. The molecule has 3 rings (SSSR count). The first kappa shape index (κ1) is 14.0. The average molecular weight is 281 g/mol. The smallest absolute Gasteiger partial charge is 0.161 e. The van der Waals surface area contributed by atoms with Crippen molar-refractivity contribution < 1.29 is 9.47 Å². The third-order valence-electron chi connectivity index (χ3n) is 4.30. The first-order valence-electron chi connectivity index (χ1n) is 7.51. The van der Waals surface area contributed by atoms with E-state index in [-0.39, 0.29) is 5.41 Å². The summed E-state index contributed by atoms with van der Waals surface area (Å²) in [4.78, 5) is 0. The lowest BCUT2D eigenvalue weighted by Gasteiger charge is -2.43. The Bertz CT molecular complexity index is 600. The Kier molecular flexibility index (Phi) is 3.87. The van der Waals surface area contributed by atoms with Gasteiger partial charge in [0.05, 0.1) is 13.7 Å². The normalized spacial score (nSPS) is 16.1. The topological polar surface area (TPSA) is 18.5 Å². The Balaban J connectivity index is 2.04. The molecule has 1 saturated carbocycles. The van der Waals surface area contributed by atoms with Crippen molar-refractivity contribution in [1.29, 1.82) is 0 Å². The molecule has 0 heterocycles. The number of methoxy groups -OCH3 is 1. The van der Waals surface area contributed by atoms with Crippen molar-refractivity contribution in [3.8, 4) is 11.5 Å². The fourth-order valence-electron chi connectivity index (χ4n) is 3.08. The van der Waals surface area contributed by atoms with Gasteiger partial charge >= 0.3 is 0 Å². The number of hydrogen-bond acceptors (Lipinski definition) is 2. The Labute approximate surface area is 126 Å². The summed E-state index contributed by atoms with van der Waals surface area (Å²) in [7, 11) is 1.68. The van der Waals surface area contributed by atoms with Crippen LogP contribution in [-0.2, 0) is 5.41 Å². The van der Waals surface area contributed by atoms with Gasteiger partial charge in [0.2, 0.25) is 0 Å². The Morgan fingerprint density at radius 1 is 1.00 bits per heavy atom. The molecule has 2 nitrogen and oxygen atoms in total. The van der Waals surface area contributed by atoms with Crippen LogP contribution in [0.2, 0.25) is 0 Å². The molecular weight excluding hydrogens is 260 g/mol. The minimum absolute atomic E-state index is 0.0272. The second-order valence-corrected chi connectivity index (χ2v) is 5.38. The van der Waals surface area contributed by atoms with E-state index in [9.17, 15) is 0 Å². The first-order chi connectivity index (χ1) is 10.3. The van der Waals surface area contributed by atoms with E-state index in [1.165, 1.54) is 11.1 Å². The summed E-state index contributed by atoms with van der Waals surface area (Å²) in [5, 5.41) is 0. The van der Waals surface area contributed by atoms with Crippen molar-refractivity contribution in [1.82, 2.24) is 0 Å². The molecule has 1 fully saturated rings. The summed E-state index contributed by atoms with van der Waals surface area (Å²) in [5.41, 5.74) is 2.66. The molecule has 1 unspecified atom stereocenters. The van der Waals surface area contributed by atoms with Crippen LogP contribution in [0.25, 0.3) is 0 Å². The minimum atomic E-state index is 0.0272. The van der Waals surface area contributed by atoms with E-state index < -0.39 is 0 Å². The minimum Gasteiger partial charge on any atom is -0.493 e. The lowest BCUT2D eigenvalue weighted by molar-refractivity contribution is 0.309. The van der Waals surface area contributed by atoms with E-state index in [2.05, 4.69) is 48.9 Å². The number of ether oxygens (including phenoxy) is 2. The van der Waals surface area contributed by atoms with Gasteiger partial charge in [0, 0.05) is 5.41 Å². The molecule has 0 spiro atoms. The summed E-state index contributed by atoms with van der Waals surface area (Å²) < 4.78 is 11.1. The highest BCUT2D eigenvalue weighted by molar-refractivity contribution is 5.52. The van der Waals surface area contributed by atoms with Crippen molar-refractivity contribution >= 4 is 0 Å². The third kappa shape index (κ3) is 2.39. The fourth-order valence-corrected chi connectivity index (χ4v) is 3.08. The molecule has 0 amide bonds. The fraction of sp³-hybridized carbons (Fsp3) is 0.316. The molecule has 1 aliphatic rings. The molecule has 0 aliphatic heterocycles. The van der Waals surface area contributed by atoms with Gasteiger partial charge in [-0.2, -0.15) is 0 Å². The summed E-state index contributed by atoms with van der Waals surface area (Å²) in [5.74, 6) is 1.62. The van der Waals surface area contributed by atoms with E-state index >= 15 is 0 Å². The van der Waals surface area contributed by atoms with Crippen molar-refractivity contribution in [2.75, 3.05) is 13.7 Å². The van der Waals surface area contributed by atoms with Gasteiger partial charge in [0.25, 0.3) is 0 Å². The van der Waals surface area contributed by atoms with Gasteiger partial charge in [-0.1, -0.05) is 36.4 Å². The van der Waals surface area contributed by atoms with Crippen molar-refractivity contribution in [3.05, 3.63) is 66.1 Å². The second-order valence-electron chi connectivity index (χ2n) is 5.38. The van der Waals surface area contributed by atoms with Crippen LogP contribution in [0.1, 0.15) is 30.9 Å². The lowest BCUT2D eigenvalue weighted by Crippen LogP contribution is -2.36. The van der Waals surface area contributed by atoms with E-state index in [0.29, 0.717) is 6.61 Å². The predicted octanol–water partition coefficient (Wildman–Crippen LogP) is 4.38. The Morgan fingerprint density at radius 2 is 1.76 bits per heavy atom. The number of hydrogen-bond donors (Lipinski definition) is 0. The van der Waals surface area contributed by atoms with Crippen LogP contribution in [0.3, 0.4) is 0 Å². The maximum Gasteiger partial charge on any atom is 0.161 e. The predicted molar refractivity (Wildman–Crippen MR) is 84.9 cm³/mol. The molecule has 0 bridgehead atoms. The van der Waals surface area contributed by atoms with E-state index in [0.717, 1.165) is 24.3 Å². The summed E-state index contributed by atoms with van der Waals surface area (Å²) in [6.45, 7) is 2.64.